The number of aliphatic imine (C=N–C) groups is 1. The van der Waals surface area contributed by atoms with Crippen LogP contribution in [0.1, 0.15) is 10.4 Å². The fourth-order valence-corrected chi connectivity index (χ4v) is 4.09. The predicted molar refractivity (Wildman–Crippen MR) is 107 cm³/mol. The van der Waals surface area contributed by atoms with Crippen LogP contribution in [0.5, 0.6) is 17.4 Å². The summed E-state index contributed by atoms with van der Waals surface area (Å²) in [6, 6.07) is 12.3. The summed E-state index contributed by atoms with van der Waals surface area (Å²) >= 11 is 6.69. The fourth-order valence-electron chi connectivity index (χ4n) is 2.79. The molecule has 5 nitrogen and oxygen atoms in total. The van der Waals surface area contributed by atoms with E-state index in [4.69, 9.17) is 17.0 Å². The third-order valence-electron chi connectivity index (χ3n) is 4.04. The minimum atomic E-state index is 0.0304. The molecule has 1 aromatic heterocycles. The number of thiazole rings is 1. The van der Waals surface area contributed by atoms with Crippen molar-refractivity contribution in [1.82, 2.24) is 4.57 Å². The number of methoxy groups -OCH3 is 1. The van der Waals surface area contributed by atoms with Crippen molar-refractivity contribution in [3.05, 3.63) is 56.9 Å². The van der Waals surface area contributed by atoms with Crippen LogP contribution in [-0.4, -0.2) is 28.1 Å². The van der Waals surface area contributed by atoms with Crippen LogP contribution in [0.15, 0.2) is 47.5 Å². The number of benzene rings is 2. The van der Waals surface area contributed by atoms with Gasteiger partial charge in [0.1, 0.15) is 11.5 Å². The van der Waals surface area contributed by atoms with E-state index in [0.29, 0.717) is 14.5 Å². The number of nitrogens with zero attached hydrogens (tertiary/aromatic N) is 2. The summed E-state index contributed by atoms with van der Waals surface area (Å²) in [5.41, 5.74) is 3.27. The van der Waals surface area contributed by atoms with Gasteiger partial charge in [-0.1, -0.05) is 6.07 Å². The first-order valence-corrected chi connectivity index (χ1v) is 8.97. The Morgan fingerprint density at radius 1 is 1.19 bits per heavy atom. The van der Waals surface area contributed by atoms with E-state index in [1.807, 2.05) is 24.3 Å². The molecule has 1 aliphatic rings. The normalized spacial score (nSPS) is 14.0. The highest BCUT2D eigenvalue weighted by molar-refractivity contribution is 7.73. The van der Waals surface area contributed by atoms with Gasteiger partial charge in [-0.15, -0.1) is 11.3 Å². The predicted octanol–water partition coefficient (Wildman–Crippen LogP) is 4.94. The van der Waals surface area contributed by atoms with E-state index < -0.39 is 0 Å². The highest BCUT2D eigenvalue weighted by atomic mass is 32.1. The van der Waals surface area contributed by atoms with Gasteiger partial charge in [-0.25, -0.2) is 0 Å². The molecule has 7 heteroatoms. The number of hydrogen-bond acceptors (Lipinski definition) is 6. The summed E-state index contributed by atoms with van der Waals surface area (Å²) in [6.07, 6.45) is 3.61. The molecule has 130 valence electrons. The number of allylic oxidation sites excluding steroid dienone is 1. The number of phenolic OH excluding ortho intramolecular Hbond substituents is 1. The molecule has 26 heavy (non-hydrogen) atoms. The van der Waals surface area contributed by atoms with Crippen LogP contribution in [0.2, 0.25) is 0 Å². The van der Waals surface area contributed by atoms with Crippen LogP contribution < -0.4 is 4.74 Å². The maximum atomic E-state index is 10.7. The second-order valence-corrected chi connectivity index (χ2v) is 7.33. The lowest BCUT2D eigenvalue weighted by Crippen LogP contribution is -1.92. The zero-order chi connectivity index (χ0) is 18.3. The van der Waals surface area contributed by atoms with E-state index in [1.54, 1.807) is 37.6 Å². The highest BCUT2D eigenvalue weighted by Gasteiger charge is 2.17. The molecule has 0 bridgehead atoms. The Labute approximate surface area is 158 Å². The van der Waals surface area contributed by atoms with E-state index in [0.717, 1.165) is 22.6 Å². The summed E-state index contributed by atoms with van der Waals surface area (Å²) in [7, 11) is 1.62. The third-order valence-corrected chi connectivity index (χ3v) is 5.35. The molecule has 1 aliphatic heterocycles. The molecule has 2 N–H and O–H groups in total. The molecule has 4 rings (SSSR count). The van der Waals surface area contributed by atoms with Gasteiger partial charge in [-0.3, -0.25) is 9.56 Å². The first kappa shape index (κ1) is 16.6. The molecule has 0 unspecified atom stereocenters. The van der Waals surface area contributed by atoms with E-state index in [-0.39, 0.29) is 11.6 Å². The van der Waals surface area contributed by atoms with Crippen LogP contribution in [0.4, 0.5) is 5.69 Å². The molecular formula is C19H14N2O3S2. The minimum absolute atomic E-state index is 0.0304. The Hall–Kier alpha value is -2.90. The summed E-state index contributed by atoms with van der Waals surface area (Å²) in [6.45, 7) is 0. The topological polar surface area (TPSA) is 67.0 Å². The summed E-state index contributed by atoms with van der Waals surface area (Å²) in [5.74, 6) is 0.885. The van der Waals surface area contributed by atoms with Crippen molar-refractivity contribution < 1.29 is 14.9 Å². The Balaban J connectivity index is 1.81. The maximum absolute atomic E-state index is 10.7. The molecule has 3 aromatic rings. The number of ether oxygens (including phenoxy) is 1. The molecule has 2 heterocycles. The molecule has 0 aliphatic carbocycles. The van der Waals surface area contributed by atoms with Crippen molar-refractivity contribution in [3.63, 3.8) is 0 Å². The second-order valence-electron chi connectivity index (χ2n) is 5.65. The second kappa shape index (κ2) is 6.44. The van der Waals surface area contributed by atoms with E-state index in [1.165, 1.54) is 15.9 Å². The molecule has 0 amide bonds. The Morgan fingerprint density at radius 3 is 2.81 bits per heavy atom. The van der Waals surface area contributed by atoms with Crippen molar-refractivity contribution in [2.24, 2.45) is 4.99 Å². The van der Waals surface area contributed by atoms with E-state index >= 15 is 0 Å². The smallest absolute Gasteiger partial charge is 0.215 e. The SMILES string of the molecule is COc1ccc2c(c1)/C(=C\c1sc(=S)n(-c3cccc(O)c3)c1O)C=N2. The lowest BCUT2D eigenvalue weighted by atomic mass is 10.1. The number of rotatable bonds is 3. The fraction of sp³-hybridized carbons (Fsp3) is 0.0526. The molecule has 0 fully saturated rings. The molecule has 0 saturated carbocycles. The van der Waals surface area contributed by atoms with Crippen molar-refractivity contribution in [2.75, 3.05) is 7.11 Å². The average Bonchev–Trinajstić information content (AvgIpc) is 3.15. The zero-order valence-corrected chi connectivity index (χ0v) is 15.3. The van der Waals surface area contributed by atoms with Gasteiger partial charge in [0.05, 0.1) is 23.4 Å². The van der Waals surface area contributed by atoms with Crippen molar-refractivity contribution in [1.29, 1.82) is 0 Å². The van der Waals surface area contributed by atoms with Crippen molar-refractivity contribution in [2.45, 2.75) is 0 Å². The van der Waals surface area contributed by atoms with E-state index in [2.05, 4.69) is 4.99 Å². The van der Waals surface area contributed by atoms with Crippen LogP contribution in [-0.2, 0) is 0 Å². The van der Waals surface area contributed by atoms with Gasteiger partial charge >= 0.3 is 0 Å². The number of fused-ring (bicyclic) bond motifs is 1. The average molecular weight is 382 g/mol. The minimum Gasteiger partial charge on any atom is -0.508 e. The summed E-state index contributed by atoms with van der Waals surface area (Å²) < 4.78 is 7.30. The van der Waals surface area contributed by atoms with Crippen LogP contribution in [0.25, 0.3) is 17.3 Å². The molecule has 0 saturated heterocycles. The standard InChI is InChI=1S/C19H14N2O3S2/c1-24-14-5-6-16-15(9-14)11(10-20-16)7-17-18(23)21(19(25)26-17)12-3-2-4-13(22)8-12/h2-10,22-23H,1H3/b11-7-. The van der Waals surface area contributed by atoms with Gasteiger partial charge < -0.3 is 14.9 Å². The lowest BCUT2D eigenvalue weighted by molar-refractivity contribution is 0.415. The first-order valence-electron chi connectivity index (χ1n) is 7.75. The van der Waals surface area contributed by atoms with Gasteiger partial charge in [-0.05, 0) is 48.6 Å². The maximum Gasteiger partial charge on any atom is 0.215 e. The summed E-state index contributed by atoms with van der Waals surface area (Å²) in [4.78, 5) is 5.01. The van der Waals surface area contributed by atoms with Gasteiger partial charge in [0, 0.05) is 23.4 Å². The third kappa shape index (κ3) is 2.81. The van der Waals surface area contributed by atoms with Gasteiger partial charge in [0.2, 0.25) is 5.88 Å². The Morgan fingerprint density at radius 2 is 2.04 bits per heavy atom. The van der Waals surface area contributed by atoms with Crippen molar-refractivity contribution in [3.8, 4) is 23.1 Å². The molecule has 0 spiro atoms. The number of phenols is 1. The van der Waals surface area contributed by atoms with Gasteiger partial charge in [-0.2, -0.15) is 0 Å². The number of hydrogen-bond donors (Lipinski definition) is 2. The van der Waals surface area contributed by atoms with Crippen molar-refractivity contribution >= 4 is 47.1 Å². The summed E-state index contributed by atoms with van der Waals surface area (Å²) in [5, 5.41) is 20.4. The van der Waals surface area contributed by atoms with E-state index in [9.17, 15) is 10.2 Å². The van der Waals surface area contributed by atoms with Gasteiger partial charge in [0.15, 0.2) is 3.95 Å². The van der Waals surface area contributed by atoms with Crippen LogP contribution >= 0.6 is 23.6 Å². The zero-order valence-electron chi connectivity index (χ0n) is 13.7. The molecule has 2 aromatic carbocycles. The quantitative estimate of drug-likeness (QED) is 0.630. The van der Waals surface area contributed by atoms with Crippen LogP contribution in [0.3, 0.4) is 0 Å². The Kier molecular flexibility index (Phi) is 4.10. The number of aromatic hydroxyl groups is 2. The molecule has 0 atom stereocenters. The highest BCUT2D eigenvalue weighted by Crippen LogP contribution is 2.38. The van der Waals surface area contributed by atoms with Gasteiger partial charge in [0.25, 0.3) is 0 Å². The largest absolute Gasteiger partial charge is 0.508 e. The Bertz CT molecular complexity index is 1130. The molecule has 0 radical (unpaired) electrons. The number of aromatic nitrogens is 1. The van der Waals surface area contributed by atoms with Crippen LogP contribution in [0, 0.1) is 3.95 Å². The lowest BCUT2D eigenvalue weighted by Gasteiger charge is -2.05. The monoisotopic (exact) mass is 382 g/mol. The molecular weight excluding hydrogens is 368 g/mol. The first-order chi connectivity index (χ1) is 12.6.